The number of rotatable bonds is 9. The lowest BCUT2D eigenvalue weighted by Crippen LogP contribution is -2.62. The first-order valence-electron chi connectivity index (χ1n) is 15.8. The highest BCUT2D eigenvalue weighted by Gasteiger charge is 2.43. The van der Waals surface area contributed by atoms with Gasteiger partial charge < -0.3 is 15.4 Å². The first kappa shape index (κ1) is 33.7. The van der Waals surface area contributed by atoms with E-state index in [2.05, 4.69) is 20.3 Å². The number of carbonyl (C=O) groups excluding carboxylic acids is 2. The molecule has 3 aromatic rings. The minimum absolute atomic E-state index is 0.109. The smallest absolute Gasteiger partial charge is 0.280 e. The number of likely N-dealkylation sites (tertiary alicyclic amines) is 1. The quantitative estimate of drug-likeness (QED) is 0.299. The largest absolute Gasteiger partial charge is 0.492 e. The number of anilines is 1. The molecule has 15 heteroatoms. The molecule has 1 aromatic heterocycles. The van der Waals surface area contributed by atoms with E-state index in [4.69, 9.17) is 21.3 Å². The summed E-state index contributed by atoms with van der Waals surface area (Å²) >= 11 is 7.34. The van der Waals surface area contributed by atoms with Crippen LogP contribution < -0.4 is 20.1 Å². The molecular formula is C32H38ClFN6O5S2. The zero-order valence-electron chi connectivity index (χ0n) is 26.0. The zero-order valence-corrected chi connectivity index (χ0v) is 28.4. The third-order valence-corrected chi connectivity index (χ3v) is 12.0. The number of nitrogens with one attached hydrogen (secondary N) is 3. The van der Waals surface area contributed by atoms with E-state index in [9.17, 15) is 22.4 Å². The average molecular weight is 705 g/mol. The molecule has 252 valence electrons. The molecule has 11 nitrogen and oxygen atoms in total. The van der Waals surface area contributed by atoms with Gasteiger partial charge in [0.2, 0.25) is 11.8 Å². The van der Waals surface area contributed by atoms with Gasteiger partial charge in [-0.3, -0.25) is 14.5 Å². The summed E-state index contributed by atoms with van der Waals surface area (Å²) in [6.45, 7) is 3.85. The number of likely N-dealkylation sites (N-methyl/N-ethyl adjacent to an activating group) is 1. The number of piperidine rings is 1. The molecule has 2 aromatic carbocycles. The number of benzene rings is 2. The van der Waals surface area contributed by atoms with Crippen LogP contribution in [0.3, 0.4) is 0 Å². The number of hydrogen-bond donors (Lipinski definition) is 3. The molecule has 2 aliphatic heterocycles. The molecule has 0 saturated carbocycles. The number of aryl methyl sites for hydroxylation is 1. The highest BCUT2D eigenvalue weighted by atomic mass is 35.5. The van der Waals surface area contributed by atoms with Crippen LogP contribution in [0, 0.1) is 5.82 Å². The second kappa shape index (κ2) is 14.5. The molecule has 0 radical (unpaired) electrons. The lowest BCUT2D eigenvalue weighted by atomic mass is 9.97. The maximum Gasteiger partial charge on any atom is 0.280 e. The number of amides is 2. The Morgan fingerprint density at radius 2 is 1.87 bits per heavy atom. The number of hydrogen-bond acceptors (Lipinski definition) is 8. The van der Waals surface area contributed by atoms with Gasteiger partial charge in [-0.2, -0.15) is 17.4 Å². The van der Waals surface area contributed by atoms with Crippen molar-refractivity contribution in [3.63, 3.8) is 0 Å². The molecule has 3 heterocycles. The van der Waals surface area contributed by atoms with Crippen molar-refractivity contribution in [1.82, 2.24) is 24.2 Å². The van der Waals surface area contributed by atoms with E-state index in [1.165, 1.54) is 49.8 Å². The molecule has 3 N–H and O–H groups in total. The Kier molecular flexibility index (Phi) is 10.4. The van der Waals surface area contributed by atoms with Crippen molar-refractivity contribution in [3.8, 4) is 16.3 Å². The predicted molar refractivity (Wildman–Crippen MR) is 179 cm³/mol. The maximum atomic E-state index is 13.6. The summed E-state index contributed by atoms with van der Waals surface area (Å²) < 4.78 is 48.7. The fraction of sp³-hybridized carbons (Fsp3) is 0.469. The van der Waals surface area contributed by atoms with Gasteiger partial charge in [-0.1, -0.05) is 18.0 Å². The minimum Gasteiger partial charge on any atom is -0.492 e. The summed E-state index contributed by atoms with van der Waals surface area (Å²) in [5.41, 5.74) is 2.08. The van der Waals surface area contributed by atoms with E-state index in [0.717, 1.165) is 69.7 Å². The molecule has 0 bridgehead atoms. The van der Waals surface area contributed by atoms with Crippen LogP contribution in [0.15, 0.2) is 42.5 Å². The van der Waals surface area contributed by atoms with Gasteiger partial charge in [-0.15, -0.1) is 11.3 Å². The number of nitrogens with zero attached hydrogens (tertiary/aromatic N) is 3. The Labute approximate surface area is 283 Å². The Morgan fingerprint density at radius 3 is 2.62 bits per heavy atom. The summed E-state index contributed by atoms with van der Waals surface area (Å²) in [7, 11) is -2.89. The van der Waals surface area contributed by atoms with Gasteiger partial charge in [0.25, 0.3) is 10.2 Å². The summed E-state index contributed by atoms with van der Waals surface area (Å²) in [5, 5.41) is 6.25. The molecule has 3 aliphatic rings. The van der Waals surface area contributed by atoms with E-state index in [0.29, 0.717) is 13.0 Å². The van der Waals surface area contributed by atoms with Crippen LogP contribution >= 0.6 is 22.9 Å². The molecule has 2 amide bonds. The first-order chi connectivity index (χ1) is 22.6. The van der Waals surface area contributed by atoms with Gasteiger partial charge in [0.15, 0.2) is 0 Å². The standard InChI is InChI=1S/C32H38ClFN6O5S2/c1-39-28(31(42)35-21-10-13-24(34)23(33)18-21)19-27(38-47(39,43)44)30(41)36-25-6-5-7-26-29(25)46-32(37-26)20-8-11-22(12-9-20)45-17-16-40-14-3-2-4-15-40/h8-13,18,25,27-28,38H,2-7,14-17,19H2,1H3,(H,35,42)(H,36,41). The number of halogens is 2. The second-order valence-corrected chi connectivity index (χ2v) is 15.3. The lowest BCUT2D eigenvalue weighted by molar-refractivity contribution is -0.125. The van der Waals surface area contributed by atoms with Crippen molar-refractivity contribution >= 4 is 50.6 Å². The van der Waals surface area contributed by atoms with Crippen LogP contribution in [0.5, 0.6) is 5.75 Å². The number of aromatic nitrogens is 1. The fourth-order valence-corrected chi connectivity index (χ4v) is 8.83. The van der Waals surface area contributed by atoms with Gasteiger partial charge in [0, 0.05) is 24.8 Å². The monoisotopic (exact) mass is 704 g/mol. The zero-order chi connectivity index (χ0) is 33.1. The normalized spacial score (nSPS) is 23.1. The van der Waals surface area contributed by atoms with Crippen LogP contribution in [0.1, 0.15) is 55.1 Å². The molecule has 47 heavy (non-hydrogen) atoms. The summed E-state index contributed by atoms with van der Waals surface area (Å²) in [5.74, 6) is -1.03. The van der Waals surface area contributed by atoms with Crippen LogP contribution in [0.2, 0.25) is 5.02 Å². The lowest BCUT2D eigenvalue weighted by Gasteiger charge is -2.36. The van der Waals surface area contributed by atoms with Crippen molar-refractivity contribution < 1.29 is 27.1 Å². The second-order valence-electron chi connectivity index (χ2n) is 12.1. The molecule has 6 rings (SSSR count). The van der Waals surface area contributed by atoms with Gasteiger partial charge in [0.05, 0.1) is 21.6 Å². The van der Waals surface area contributed by atoms with Crippen LogP contribution in [-0.2, 0) is 26.2 Å². The summed E-state index contributed by atoms with van der Waals surface area (Å²) in [6.07, 6.45) is 5.99. The van der Waals surface area contributed by atoms with Crippen LogP contribution in [0.4, 0.5) is 10.1 Å². The molecule has 0 spiro atoms. The van der Waals surface area contributed by atoms with Crippen molar-refractivity contribution in [1.29, 1.82) is 0 Å². The Morgan fingerprint density at radius 1 is 1.11 bits per heavy atom. The van der Waals surface area contributed by atoms with E-state index in [-0.39, 0.29) is 23.2 Å². The van der Waals surface area contributed by atoms with Gasteiger partial charge in [-0.25, -0.2) is 9.37 Å². The molecule has 2 saturated heterocycles. The van der Waals surface area contributed by atoms with E-state index in [1.807, 2.05) is 24.3 Å². The number of carbonyl (C=O) groups is 2. The summed E-state index contributed by atoms with van der Waals surface area (Å²) in [6, 6.07) is 8.84. The topological polar surface area (TPSA) is 133 Å². The number of ether oxygens (including phenoxy) is 1. The van der Waals surface area contributed by atoms with Gasteiger partial charge in [0.1, 0.15) is 35.3 Å². The van der Waals surface area contributed by atoms with E-state index >= 15 is 0 Å². The highest BCUT2D eigenvalue weighted by Crippen LogP contribution is 2.38. The molecule has 3 atom stereocenters. The average Bonchev–Trinajstić information content (AvgIpc) is 3.50. The highest BCUT2D eigenvalue weighted by molar-refractivity contribution is 7.87. The van der Waals surface area contributed by atoms with Gasteiger partial charge in [-0.05, 0) is 94.1 Å². The van der Waals surface area contributed by atoms with Gasteiger partial charge >= 0.3 is 0 Å². The molecular weight excluding hydrogens is 667 g/mol. The third-order valence-electron chi connectivity index (χ3n) is 8.87. The predicted octanol–water partition coefficient (Wildman–Crippen LogP) is 4.51. The number of fused-ring (bicyclic) bond motifs is 1. The molecule has 1 aliphatic carbocycles. The molecule has 2 fully saturated rings. The maximum absolute atomic E-state index is 13.6. The van der Waals surface area contributed by atoms with Crippen molar-refractivity contribution in [2.45, 2.75) is 63.1 Å². The van der Waals surface area contributed by atoms with Crippen molar-refractivity contribution in [2.24, 2.45) is 0 Å². The van der Waals surface area contributed by atoms with Crippen molar-refractivity contribution in [3.05, 3.63) is 63.9 Å². The number of thiazole rings is 1. The Balaban J connectivity index is 1.09. The summed E-state index contributed by atoms with van der Waals surface area (Å²) in [4.78, 5) is 34.9. The Hall–Kier alpha value is -3.14. The first-order valence-corrected chi connectivity index (χ1v) is 18.5. The van der Waals surface area contributed by atoms with E-state index in [1.54, 1.807) is 0 Å². The van der Waals surface area contributed by atoms with E-state index < -0.39 is 39.9 Å². The third kappa shape index (κ3) is 7.95. The Bertz CT molecular complexity index is 1720. The fourth-order valence-electron chi connectivity index (χ4n) is 6.20. The van der Waals surface area contributed by atoms with Crippen molar-refractivity contribution in [2.75, 3.05) is 38.6 Å². The minimum atomic E-state index is -4.15. The van der Waals surface area contributed by atoms with Crippen LogP contribution in [0.25, 0.3) is 10.6 Å². The van der Waals surface area contributed by atoms with Crippen LogP contribution in [-0.4, -0.2) is 79.8 Å². The molecule has 3 unspecified atom stereocenters. The SMILES string of the molecule is CN1C(C(=O)Nc2ccc(F)c(Cl)c2)CC(C(=O)NC2CCCc3nc(-c4ccc(OCCN5CCCCC5)cc4)sc32)NS1(=O)=O.